The van der Waals surface area contributed by atoms with Crippen LogP contribution in [0.25, 0.3) is 0 Å². The van der Waals surface area contributed by atoms with Crippen molar-refractivity contribution in [3.8, 4) is 0 Å². The maximum absolute atomic E-state index is 13.9. The second-order valence-corrected chi connectivity index (χ2v) is 8.21. The lowest BCUT2D eigenvalue weighted by Crippen LogP contribution is -2.41. The molecule has 2 aliphatic heterocycles. The molecule has 0 aliphatic carbocycles. The molecular weight excluding hydrogens is 366 g/mol. The maximum atomic E-state index is 13.9. The van der Waals surface area contributed by atoms with Gasteiger partial charge in [0.15, 0.2) is 0 Å². The van der Waals surface area contributed by atoms with Gasteiger partial charge >= 0.3 is 0 Å². The van der Waals surface area contributed by atoms with Crippen LogP contribution in [0.1, 0.15) is 12.8 Å². The molecule has 2 saturated heterocycles. The van der Waals surface area contributed by atoms with Gasteiger partial charge in [0, 0.05) is 29.7 Å². The molecule has 0 spiro atoms. The fourth-order valence-electron chi connectivity index (χ4n) is 3.11. The Morgan fingerprint density at radius 2 is 2.05 bits per heavy atom. The summed E-state index contributed by atoms with van der Waals surface area (Å²) in [6, 6.07) is 1.69. The Morgan fingerprint density at radius 1 is 1.29 bits per heavy atom. The monoisotopic (exact) mass is 380 g/mol. The van der Waals surface area contributed by atoms with Crippen molar-refractivity contribution in [3.05, 3.63) is 28.2 Å². The largest absolute Gasteiger partial charge is 0.312 e. The highest BCUT2D eigenvalue weighted by Crippen LogP contribution is 2.33. The molecule has 2 fully saturated rings. The summed E-state index contributed by atoms with van der Waals surface area (Å²) in [7, 11) is -3.97. The number of benzene rings is 1. The minimum absolute atomic E-state index is 0.0807. The van der Waals surface area contributed by atoms with Crippen LogP contribution >= 0.6 is 15.9 Å². The summed E-state index contributed by atoms with van der Waals surface area (Å²) in [5.74, 6) is -1.62. The first-order valence-electron chi connectivity index (χ1n) is 6.77. The van der Waals surface area contributed by atoms with Crippen LogP contribution in [-0.2, 0) is 10.0 Å². The Kier molecular flexibility index (Phi) is 4.06. The molecule has 0 radical (unpaired) electrons. The number of nitrogens with one attached hydrogen (secondary N) is 1. The molecule has 0 aromatic heterocycles. The molecule has 0 amide bonds. The second kappa shape index (κ2) is 5.57. The van der Waals surface area contributed by atoms with Crippen LogP contribution in [0.4, 0.5) is 8.78 Å². The smallest absolute Gasteiger partial charge is 0.247 e. The summed E-state index contributed by atoms with van der Waals surface area (Å²) >= 11 is 2.96. The zero-order valence-electron chi connectivity index (χ0n) is 11.2. The average molecular weight is 381 g/mol. The Balaban J connectivity index is 1.95. The van der Waals surface area contributed by atoms with E-state index >= 15 is 0 Å². The number of halogens is 3. The minimum atomic E-state index is -3.97. The standard InChI is InChI=1S/C13H15BrF2N2O2S/c14-10-4-9(15)5-11(16)13(10)21(19,20)18-6-8-2-1-3-17-12(8)7-18/h4-5,8,12,17H,1-3,6-7H2/t8-,12+/m0/s1. The quantitative estimate of drug-likeness (QED) is 0.854. The molecule has 0 saturated carbocycles. The van der Waals surface area contributed by atoms with E-state index in [0.29, 0.717) is 19.2 Å². The lowest BCUT2D eigenvalue weighted by atomic mass is 9.94. The number of rotatable bonds is 2. The van der Waals surface area contributed by atoms with Gasteiger partial charge < -0.3 is 5.32 Å². The van der Waals surface area contributed by atoms with Crippen molar-refractivity contribution in [1.82, 2.24) is 9.62 Å². The molecule has 2 atom stereocenters. The molecule has 8 heteroatoms. The molecular formula is C13H15BrF2N2O2S. The van der Waals surface area contributed by atoms with Crippen molar-refractivity contribution in [1.29, 1.82) is 0 Å². The third-order valence-electron chi connectivity index (χ3n) is 4.13. The highest BCUT2D eigenvalue weighted by atomic mass is 79.9. The van der Waals surface area contributed by atoms with Crippen molar-refractivity contribution >= 4 is 26.0 Å². The number of hydrogen-bond acceptors (Lipinski definition) is 3. The van der Waals surface area contributed by atoms with Gasteiger partial charge in [-0.05, 0) is 47.3 Å². The molecule has 2 aliphatic rings. The number of hydrogen-bond donors (Lipinski definition) is 1. The fourth-order valence-corrected chi connectivity index (χ4v) is 5.74. The number of piperidine rings is 1. The van der Waals surface area contributed by atoms with Crippen LogP contribution in [0.2, 0.25) is 0 Å². The fraction of sp³-hybridized carbons (Fsp3) is 0.538. The highest BCUT2D eigenvalue weighted by molar-refractivity contribution is 9.10. The van der Waals surface area contributed by atoms with E-state index in [2.05, 4.69) is 21.2 Å². The molecule has 1 N–H and O–H groups in total. The summed E-state index contributed by atoms with van der Waals surface area (Å²) in [4.78, 5) is -0.484. The van der Waals surface area contributed by atoms with Crippen LogP contribution in [0.5, 0.6) is 0 Å². The predicted molar refractivity (Wildman–Crippen MR) is 77.3 cm³/mol. The zero-order chi connectivity index (χ0) is 15.2. The Morgan fingerprint density at radius 3 is 2.71 bits per heavy atom. The summed E-state index contributed by atoms with van der Waals surface area (Å²) in [5, 5.41) is 3.30. The molecule has 0 bridgehead atoms. The van der Waals surface area contributed by atoms with Crippen LogP contribution in [0.3, 0.4) is 0 Å². The average Bonchev–Trinajstić information content (AvgIpc) is 2.81. The van der Waals surface area contributed by atoms with Gasteiger partial charge in [-0.3, -0.25) is 0 Å². The first-order chi connectivity index (χ1) is 9.89. The molecule has 2 heterocycles. The van der Waals surface area contributed by atoms with E-state index in [-0.39, 0.29) is 16.4 Å². The van der Waals surface area contributed by atoms with E-state index in [1.807, 2.05) is 0 Å². The summed E-state index contributed by atoms with van der Waals surface area (Å²) in [6.07, 6.45) is 1.99. The Labute approximate surface area is 130 Å². The SMILES string of the molecule is O=S(=O)(c1c(F)cc(F)cc1Br)N1C[C@@H]2CCCN[C@@H]2C1. The van der Waals surface area contributed by atoms with Gasteiger partial charge in [-0.15, -0.1) is 0 Å². The van der Waals surface area contributed by atoms with E-state index in [1.165, 1.54) is 4.31 Å². The third-order valence-corrected chi connectivity index (χ3v) is 6.92. The van der Waals surface area contributed by atoms with E-state index in [1.54, 1.807) is 0 Å². The number of nitrogens with zero attached hydrogens (tertiary/aromatic N) is 1. The number of sulfonamides is 1. The Bertz CT molecular complexity index is 631. The van der Waals surface area contributed by atoms with Crippen LogP contribution < -0.4 is 5.32 Å². The molecule has 0 unspecified atom stereocenters. The summed E-state index contributed by atoms with van der Waals surface area (Å²) < 4.78 is 53.6. The van der Waals surface area contributed by atoms with Crippen LogP contribution in [0, 0.1) is 17.6 Å². The molecule has 3 rings (SSSR count). The van der Waals surface area contributed by atoms with Gasteiger partial charge in [0.2, 0.25) is 10.0 Å². The van der Waals surface area contributed by atoms with Gasteiger partial charge in [-0.1, -0.05) is 0 Å². The lowest BCUT2D eigenvalue weighted by molar-refractivity contribution is 0.339. The van der Waals surface area contributed by atoms with Gasteiger partial charge in [0.1, 0.15) is 16.5 Å². The van der Waals surface area contributed by atoms with Crippen molar-refractivity contribution in [2.24, 2.45) is 5.92 Å². The van der Waals surface area contributed by atoms with Crippen molar-refractivity contribution in [2.75, 3.05) is 19.6 Å². The molecule has 1 aromatic carbocycles. The normalized spacial score (nSPS) is 26.8. The topological polar surface area (TPSA) is 49.4 Å². The first kappa shape index (κ1) is 15.3. The second-order valence-electron chi connectivity index (χ2n) is 5.48. The third kappa shape index (κ3) is 2.74. The highest BCUT2D eigenvalue weighted by Gasteiger charge is 2.41. The minimum Gasteiger partial charge on any atom is -0.312 e. The molecule has 116 valence electrons. The molecule has 21 heavy (non-hydrogen) atoms. The van der Waals surface area contributed by atoms with E-state index in [9.17, 15) is 17.2 Å². The van der Waals surface area contributed by atoms with Crippen molar-refractivity contribution < 1.29 is 17.2 Å². The maximum Gasteiger partial charge on any atom is 0.247 e. The lowest BCUT2D eigenvalue weighted by Gasteiger charge is -2.24. The predicted octanol–water partition coefficient (Wildman–Crippen LogP) is 2.10. The van der Waals surface area contributed by atoms with Crippen molar-refractivity contribution in [2.45, 2.75) is 23.8 Å². The Hall–Kier alpha value is -0.570. The van der Waals surface area contributed by atoms with E-state index in [0.717, 1.165) is 25.5 Å². The van der Waals surface area contributed by atoms with Gasteiger partial charge in [0.25, 0.3) is 0 Å². The zero-order valence-corrected chi connectivity index (χ0v) is 13.6. The molecule has 1 aromatic rings. The van der Waals surface area contributed by atoms with Gasteiger partial charge in [-0.25, -0.2) is 17.2 Å². The summed E-state index contributed by atoms with van der Waals surface area (Å²) in [5.41, 5.74) is 0. The van der Waals surface area contributed by atoms with E-state index < -0.39 is 26.6 Å². The van der Waals surface area contributed by atoms with Gasteiger partial charge in [-0.2, -0.15) is 4.31 Å². The van der Waals surface area contributed by atoms with Crippen LogP contribution in [-0.4, -0.2) is 38.4 Å². The summed E-state index contributed by atoms with van der Waals surface area (Å²) in [6.45, 7) is 1.59. The number of fused-ring (bicyclic) bond motifs is 1. The van der Waals surface area contributed by atoms with Gasteiger partial charge in [0.05, 0.1) is 0 Å². The van der Waals surface area contributed by atoms with E-state index in [4.69, 9.17) is 0 Å². The first-order valence-corrected chi connectivity index (χ1v) is 9.01. The van der Waals surface area contributed by atoms with Crippen molar-refractivity contribution in [3.63, 3.8) is 0 Å². The van der Waals surface area contributed by atoms with Crippen LogP contribution in [0.15, 0.2) is 21.5 Å². The molecule has 4 nitrogen and oxygen atoms in total.